The fourth-order valence-corrected chi connectivity index (χ4v) is 4.32. The van der Waals surface area contributed by atoms with Crippen LogP contribution in [0.15, 0.2) is 66.7 Å². The molecule has 2 aromatic rings. The zero-order valence-corrected chi connectivity index (χ0v) is 19.6. The molecule has 0 amide bonds. The van der Waals surface area contributed by atoms with Gasteiger partial charge in [0.2, 0.25) is 5.12 Å². The van der Waals surface area contributed by atoms with E-state index in [2.05, 4.69) is 0 Å². The predicted molar refractivity (Wildman–Crippen MR) is 125 cm³/mol. The van der Waals surface area contributed by atoms with Crippen LogP contribution >= 0.6 is 11.8 Å². The summed E-state index contributed by atoms with van der Waals surface area (Å²) in [6.45, 7) is 10.3. The van der Waals surface area contributed by atoms with E-state index >= 15 is 0 Å². The fraction of sp³-hybridized carbons (Fsp3) is 0.385. The Labute approximate surface area is 189 Å². The molecule has 0 aromatic heterocycles. The van der Waals surface area contributed by atoms with Crippen LogP contribution in [-0.4, -0.2) is 15.8 Å². The monoisotopic (exact) mass is 438 g/mol. The molecule has 0 N–H and O–H groups in total. The Kier molecular flexibility index (Phi) is 6.95. The van der Waals surface area contributed by atoms with Gasteiger partial charge in [0.15, 0.2) is 0 Å². The lowest BCUT2D eigenvalue weighted by atomic mass is 10.1. The van der Waals surface area contributed by atoms with Crippen molar-refractivity contribution in [2.75, 3.05) is 0 Å². The minimum absolute atomic E-state index is 0.0114. The topological polar surface area (TPSA) is 52.6 Å². The number of benzene rings is 2. The van der Waals surface area contributed by atoms with E-state index in [1.807, 2.05) is 95.3 Å². The summed E-state index contributed by atoms with van der Waals surface area (Å²) in [7, 11) is 0. The highest BCUT2D eigenvalue weighted by atomic mass is 32.2. The van der Waals surface area contributed by atoms with Gasteiger partial charge in [-0.2, -0.15) is 0 Å². The van der Waals surface area contributed by atoms with Gasteiger partial charge in [0.25, 0.3) is 0 Å². The number of hydrogen-bond acceptors (Lipinski definition) is 5. The smallest absolute Gasteiger partial charge is 0.310 e. The highest BCUT2D eigenvalue weighted by Crippen LogP contribution is 2.59. The van der Waals surface area contributed by atoms with Crippen molar-refractivity contribution in [3.8, 4) is 11.5 Å². The SMILES string of the molecule is CC(C)(C)SC(=O)C=C[C@H]1[C@@H](C(=O)OCc2cccc(Oc3ccccc3)c2)C1(C)C. The molecular weight excluding hydrogens is 408 g/mol. The first-order chi connectivity index (χ1) is 14.6. The maximum Gasteiger partial charge on any atom is 0.310 e. The molecule has 0 spiro atoms. The van der Waals surface area contributed by atoms with Crippen molar-refractivity contribution in [3.05, 3.63) is 72.3 Å². The quantitative estimate of drug-likeness (QED) is 0.369. The van der Waals surface area contributed by atoms with Gasteiger partial charge < -0.3 is 9.47 Å². The van der Waals surface area contributed by atoms with Crippen molar-refractivity contribution in [1.82, 2.24) is 0 Å². The molecule has 0 unspecified atom stereocenters. The van der Waals surface area contributed by atoms with Crippen molar-refractivity contribution < 1.29 is 19.1 Å². The molecule has 31 heavy (non-hydrogen) atoms. The van der Waals surface area contributed by atoms with E-state index in [0.717, 1.165) is 11.3 Å². The molecule has 0 aliphatic heterocycles. The normalized spacial score (nSPS) is 19.8. The van der Waals surface area contributed by atoms with Crippen LogP contribution in [0.2, 0.25) is 0 Å². The second-order valence-electron chi connectivity index (χ2n) is 9.39. The molecule has 0 heterocycles. The number of thioether (sulfide) groups is 1. The van der Waals surface area contributed by atoms with Crippen LogP contribution in [0.5, 0.6) is 11.5 Å². The Morgan fingerprint density at radius 3 is 2.39 bits per heavy atom. The first-order valence-electron chi connectivity index (χ1n) is 10.5. The van der Waals surface area contributed by atoms with E-state index in [9.17, 15) is 9.59 Å². The molecule has 0 bridgehead atoms. The number of ether oxygens (including phenoxy) is 2. The summed E-state index contributed by atoms with van der Waals surface area (Å²) in [5, 5.41) is 0.0116. The van der Waals surface area contributed by atoms with Crippen molar-refractivity contribution in [2.45, 2.75) is 46.0 Å². The summed E-state index contributed by atoms with van der Waals surface area (Å²) >= 11 is 1.29. The Morgan fingerprint density at radius 2 is 1.71 bits per heavy atom. The average Bonchev–Trinajstić information content (AvgIpc) is 3.25. The number of para-hydroxylation sites is 1. The van der Waals surface area contributed by atoms with Gasteiger partial charge >= 0.3 is 5.97 Å². The van der Waals surface area contributed by atoms with Gasteiger partial charge in [-0.25, -0.2) is 0 Å². The van der Waals surface area contributed by atoms with Crippen molar-refractivity contribution in [2.24, 2.45) is 17.3 Å². The van der Waals surface area contributed by atoms with Crippen LogP contribution in [0, 0.1) is 17.3 Å². The van der Waals surface area contributed by atoms with E-state index in [1.54, 1.807) is 6.08 Å². The number of carbonyl (C=O) groups is 2. The minimum atomic E-state index is -0.236. The summed E-state index contributed by atoms with van der Waals surface area (Å²) < 4.78 is 11.3. The fourth-order valence-electron chi connectivity index (χ4n) is 3.57. The highest BCUT2D eigenvalue weighted by molar-refractivity contribution is 8.15. The number of esters is 1. The van der Waals surface area contributed by atoms with Crippen LogP contribution in [0.4, 0.5) is 0 Å². The predicted octanol–water partition coefficient (Wildman–Crippen LogP) is 6.41. The zero-order chi connectivity index (χ0) is 22.6. The summed E-state index contributed by atoms with van der Waals surface area (Å²) in [4.78, 5) is 24.8. The number of allylic oxidation sites excluding steroid dienone is 1. The largest absolute Gasteiger partial charge is 0.461 e. The number of hydrogen-bond donors (Lipinski definition) is 0. The number of carbonyl (C=O) groups excluding carboxylic acids is 2. The van der Waals surface area contributed by atoms with Gasteiger partial charge in [0.1, 0.15) is 18.1 Å². The summed E-state index contributed by atoms with van der Waals surface area (Å²) in [5.74, 6) is 0.995. The van der Waals surface area contributed by atoms with Gasteiger partial charge in [0, 0.05) is 4.75 Å². The molecule has 3 rings (SSSR count). The third kappa shape index (κ3) is 6.47. The van der Waals surface area contributed by atoms with Gasteiger partial charge in [0.05, 0.1) is 5.92 Å². The van der Waals surface area contributed by atoms with E-state index in [4.69, 9.17) is 9.47 Å². The molecule has 2 aromatic carbocycles. The van der Waals surface area contributed by atoms with Gasteiger partial charge in [-0.3, -0.25) is 9.59 Å². The zero-order valence-electron chi connectivity index (χ0n) is 18.8. The van der Waals surface area contributed by atoms with Crippen LogP contribution in [0.1, 0.15) is 40.2 Å². The minimum Gasteiger partial charge on any atom is -0.461 e. The van der Waals surface area contributed by atoms with E-state index in [1.165, 1.54) is 11.8 Å². The standard InChI is InChI=1S/C26H30O4S/c1-25(2,3)31-22(27)15-14-21-23(26(21,4)5)24(28)29-17-18-10-9-13-20(16-18)30-19-11-7-6-8-12-19/h6-16,21,23H,17H2,1-5H3/t21-,23-/m0/s1. The first kappa shape index (κ1) is 23.1. The van der Waals surface area contributed by atoms with Crippen molar-refractivity contribution in [3.63, 3.8) is 0 Å². The van der Waals surface area contributed by atoms with Crippen molar-refractivity contribution in [1.29, 1.82) is 0 Å². The molecule has 164 valence electrons. The third-order valence-corrected chi connectivity index (χ3v) is 6.22. The average molecular weight is 439 g/mol. The summed E-state index contributed by atoms with van der Waals surface area (Å²) in [6.07, 6.45) is 3.46. The molecule has 1 saturated carbocycles. The number of rotatable bonds is 7. The van der Waals surface area contributed by atoms with Gasteiger partial charge in [-0.05, 0) is 47.2 Å². The molecule has 0 radical (unpaired) electrons. The molecule has 1 aliphatic rings. The molecule has 5 heteroatoms. The van der Waals surface area contributed by atoms with Crippen LogP contribution in [0.25, 0.3) is 0 Å². The molecular formula is C26H30O4S. The van der Waals surface area contributed by atoms with Gasteiger partial charge in [-0.1, -0.05) is 82.8 Å². The van der Waals surface area contributed by atoms with E-state index in [-0.39, 0.29) is 39.7 Å². The second-order valence-corrected chi connectivity index (χ2v) is 11.2. The Balaban J connectivity index is 1.55. The second kappa shape index (κ2) is 9.31. The Bertz CT molecular complexity index is 957. The van der Waals surface area contributed by atoms with E-state index < -0.39 is 0 Å². The van der Waals surface area contributed by atoms with Crippen LogP contribution < -0.4 is 4.74 Å². The molecule has 0 saturated heterocycles. The molecule has 1 aliphatic carbocycles. The Morgan fingerprint density at radius 1 is 1.03 bits per heavy atom. The highest BCUT2D eigenvalue weighted by Gasteiger charge is 2.61. The Hall–Kier alpha value is -2.53. The first-order valence-corrected chi connectivity index (χ1v) is 11.3. The third-order valence-electron chi connectivity index (χ3n) is 5.27. The van der Waals surface area contributed by atoms with Crippen LogP contribution in [-0.2, 0) is 20.9 Å². The van der Waals surface area contributed by atoms with Crippen LogP contribution in [0.3, 0.4) is 0 Å². The summed E-state index contributed by atoms with van der Waals surface area (Å²) in [6, 6.07) is 17.1. The molecule has 2 atom stereocenters. The summed E-state index contributed by atoms with van der Waals surface area (Å²) in [5.41, 5.74) is 0.655. The lowest BCUT2D eigenvalue weighted by molar-refractivity contribution is -0.147. The van der Waals surface area contributed by atoms with E-state index in [0.29, 0.717) is 5.75 Å². The van der Waals surface area contributed by atoms with Crippen molar-refractivity contribution >= 4 is 22.8 Å². The lowest BCUT2D eigenvalue weighted by Gasteiger charge is -2.14. The maximum absolute atomic E-state index is 12.7. The lowest BCUT2D eigenvalue weighted by Crippen LogP contribution is -2.11. The maximum atomic E-state index is 12.7. The molecule has 4 nitrogen and oxygen atoms in total. The van der Waals surface area contributed by atoms with Gasteiger partial charge in [-0.15, -0.1) is 0 Å². The molecule has 1 fully saturated rings.